The molecule has 0 saturated carbocycles. The third kappa shape index (κ3) is 9.67. The number of benzene rings is 4. The van der Waals surface area contributed by atoms with Gasteiger partial charge in [0.25, 0.3) is 0 Å². The topological polar surface area (TPSA) is 51.6 Å². The van der Waals surface area contributed by atoms with Gasteiger partial charge in [-0.3, -0.25) is 9.97 Å². The molecule has 0 bridgehead atoms. The van der Waals surface area contributed by atoms with Crippen molar-refractivity contribution in [2.24, 2.45) is 0 Å². The Kier molecular flexibility index (Phi) is 15.6. The molecule has 260 valence electrons. The third-order valence-corrected chi connectivity index (χ3v) is 12.0. The average Bonchev–Trinajstić information content (AvgIpc) is 3.13. The molecule has 4 nitrogen and oxygen atoms in total. The van der Waals surface area contributed by atoms with Gasteiger partial charge in [-0.05, 0) is 144 Å². The molecule has 2 aromatic heterocycles. The van der Waals surface area contributed by atoms with E-state index in [9.17, 15) is 0 Å². The van der Waals surface area contributed by atoms with E-state index in [0.717, 1.165) is 44.6 Å². The van der Waals surface area contributed by atoms with E-state index in [2.05, 4.69) is 185 Å². The summed E-state index contributed by atoms with van der Waals surface area (Å²) in [6.45, 7) is 28.1. The van der Waals surface area contributed by atoms with Gasteiger partial charge in [0.2, 0.25) is 0 Å². The van der Waals surface area contributed by atoms with E-state index in [1.54, 1.807) is 0 Å². The van der Waals surface area contributed by atoms with E-state index in [1.165, 1.54) is 44.0 Å². The van der Waals surface area contributed by atoms with Crippen molar-refractivity contribution < 1.29 is 17.2 Å². The molecule has 2 heterocycles. The Labute approximate surface area is 314 Å². The van der Waals surface area contributed by atoms with Crippen LogP contribution < -0.4 is 10.6 Å². The molecular formula is C41H49BrN4P2Pd. The molecule has 0 radical (unpaired) electrons. The van der Waals surface area contributed by atoms with Gasteiger partial charge in [0, 0.05) is 16.9 Å². The Bertz CT molecular complexity index is 1990. The Hall–Kier alpha value is -2.44. The minimum absolute atomic E-state index is 0.104. The molecule has 0 aliphatic rings. The van der Waals surface area contributed by atoms with E-state index in [1.807, 2.05) is 6.92 Å². The quantitative estimate of drug-likeness (QED) is 0.101. The van der Waals surface area contributed by atoms with Gasteiger partial charge in [0.15, 0.2) is 0 Å². The summed E-state index contributed by atoms with van der Waals surface area (Å²) in [5.41, 5.74) is 15.8. The summed E-state index contributed by atoms with van der Waals surface area (Å²) in [5.74, 6) is 0. The zero-order valence-electron chi connectivity index (χ0n) is 31.2. The van der Waals surface area contributed by atoms with Crippen molar-refractivity contribution in [1.29, 1.82) is 0 Å². The number of aryl methyl sites for hydroxylation is 5. The molecule has 0 aliphatic heterocycles. The average molecular weight is 846 g/mol. The fourth-order valence-electron chi connectivity index (χ4n) is 5.53. The van der Waals surface area contributed by atoms with Crippen LogP contribution in [0.5, 0.6) is 0 Å². The first-order chi connectivity index (χ1) is 23.2. The normalized spacial score (nSPS) is 10.7. The summed E-state index contributed by atoms with van der Waals surface area (Å²) < 4.78 is 0. The van der Waals surface area contributed by atoms with Crippen LogP contribution in [0.2, 0.25) is 0 Å². The summed E-state index contributed by atoms with van der Waals surface area (Å²) >= 11 is 5.35. The van der Waals surface area contributed by atoms with E-state index < -0.39 is 0 Å². The van der Waals surface area contributed by atoms with Gasteiger partial charge in [-0.2, -0.15) is 0 Å². The molecule has 0 N–H and O–H groups in total. The van der Waals surface area contributed by atoms with Crippen molar-refractivity contribution in [2.75, 3.05) is 26.7 Å². The molecule has 0 amide bonds. The zero-order chi connectivity index (χ0) is 36.6. The van der Waals surface area contributed by atoms with E-state index in [-0.39, 0.29) is 15.8 Å². The van der Waals surface area contributed by atoms with Gasteiger partial charge < -0.3 is 9.97 Å². The van der Waals surface area contributed by atoms with Crippen LogP contribution in [0.1, 0.15) is 50.2 Å². The van der Waals surface area contributed by atoms with Gasteiger partial charge in [-0.25, -0.2) is 0 Å². The van der Waals surface area contributed by atoms with Crippen LogP contribution in [0.3, 0.4) is 0 Å². The number of hydrogen-bond donors (Lipinski definition) is 0. The van der Waals surface area contributed by atoms with Gasteiger partial charge in [-0.15, -0.1) is 0 Å². The molecule has 8 heteroatoms. The summed E-state index contributed by atoms with van der Waals surface area (Å²) in [7, 11) is 0.209. The predicted molar refractivity (Wildman–Crippen MR) is 218 cm³/mol. The molecule has 0 saturated heterocycles. The molecule has 0 spiro atoms. The third-order valence-electron chi connectivity index (χ3n) is 9.36. The van der Waals surface area contributed by atoms with Crippen LogP contribution in [0, 0.1) is 68.5 Å². The molecule has 6 aromatic rings. The summed E-state index contributed by atoms with van der Waals surface area (Å²) in [5, 5.41) is 2.96. The Morgan fingerprint density at radius 2 is 0.816 bits per heavy atom. The first-order valence-electron chi connectivity index (χ1n) is 16.2. The standard InChI is InChI=1S/C25H27N4.2C8H11P.BrH.Pd/c1-11-12(2)16(6)22-21(15(11)5)26-10-20(28-22)25-19(9)27-23-17(7)13(3)14(4)18(8)24(23)29-25;2*1-9(2)8-6-4-3-5-7-8;;/h1-9H3;2*3-7H,1-2H3;1H;/q-1;;;;+2/p-1. The fraction of sp³-hybridized carbons (Fsp3) is 0.317. The first kappa shape index (κ1) is 41.0. The van der Waals surface area contributed by atoms with Crippen LogP contribution in [-0.2, 0) is 17.2 Å². The number of halogens is 1. The van der Waals surface area contributed by atoms with Gasteiger partial charge >= 0.3 is 30.6 Å². The summed E-state index contributed by atoms with van der Waals surface area (Å²) in [6, 6.07) is 21.2. The van der Waals surface area contributed by atoms with E-state index in [0.29, 0.717) is 5.69 Å². The van der Waals surface area contributed by atoms with E-state index in [4.69, 9.17) is 15.0 Å². The Morgan fingerprint density at radius 1 is 0.469 bits per heavy atom. The molecule has 0 atom stereocenters. The van der Waals surface area contributed by atoms with Crippen LogP contribution in [0.25, 0.3) is 33.5 Å². The van der Waals surface area contributed by atoms with Gasteiger partial charge in [0.05, 0.1) is 11.0 Å². The van der Waals surface area contributed by atoms with Crippen LogP contribution in [0.15, 0.2) is 60.7 Å². The second-order valence-electron chi connectivity index (χ2n) is 12.7. The zero-order valence-corrected chi connectivity index (χ0v) is 36.1. The molecule has 0 unspecified atom stereocenters. The SMILES string of the molecule is CP(C)c1ccccc1.CP(C)c1ccccc1.Cc1nc2c(C)c(C)c(C)c(C)c2nc1-c1[c-]nc2c(C)c(C)c(C)c(C)c2n1.[Br][Pd+]. The van der Waals surface area contributed by atoms with Crippen molar-refractivity contribution >= 4 is 61.9 Å². The number of fused-ring (bicyclic) bond motifs is 2. The minimum atomic E-state index is 0.104. The fourth-order valence-corrected chi connectivity index (χ4v) is 7.07. The molecule has 0 fully saturated rings. The van der Waals surface area contributed by atoms with Crippen molar-refractivity contribution in [3.05, 3.63) is 117 Å². The van der Waals surface area contributed by atoms with Crippen molar-refractivity contribution in [1.82, 2.24) is 19.9 Å². The molecule has 0 aliphatic carbocycles. The van der Waals surface area contributed by atoms with Crippen LogP contribution >= 0.6 is 29.3 Å². The predicted octanol–water partition coefficient (Wildman–Crippen LogP) is 10.8. The number of aromatic nitrogens is 4. The van der Waals surface area contributed by atoms with Gasteiger partial charge in [0.1, 0.15) is 0 Å². The Balaban J connectivity index is 0.000000264. The maximum absolute atomic E-state index is 5.01. The summed E-state index contributed by atoms with van der Waals surface area (Å²) in [6.07, 6.45) is 3.14. The van der Waals surface area contributed by atoms with Crippen LogP contribution in [-0.4, -0.2) is 46.6 Å². The number of hydrogen-bond acceptors (Lipinski definition) is 4. The summed E-state index contributed by atoms with van der Waals surface area (Å²) in [4.78, 5) is 19.5. The molecular weight excluding hydrogens is 797 g/mol. The second kappa shape index (κ2) is 18.7. The number of rotatable bonds is 3. The molecule has 4 aromatic carbocycles. The monoisotopic (exact) mass is 844 g/mol. The second-order valence-corrected chi connectivity index (χ2v) is 17.3. The van der Waals surface area contributed by atoms with Crippen LogP contribution in [0.4, 0.5) is 0 Å². The first-order valence-corrected chi connectivity index (χ1v) is 24.2. The van der Waals surface area contributed by atoms with Gasteiger partial charge in [-0.1, -0.05) is 93.8 Å². The maximum atomic E-state index is 5.01. The van der Waals surface area contributed by atoms with Crippen molar-refractivity contribution in [3.63, 3.8) is 0 Å². The number of nitrogens with zero attached hydrogens (tertiary/aromatic N) is 4. The molecule has 49 heavy (non-hydrogen) atoms. The van der Waals surface area contributed by atoms with Crippen molar-refractivity contribution in [2.45, 2.75) is 62.3 Å². The molecule has 6 rings (SSSR count). The van der Waals surface area contributed by atoms with E-state index >= 15 is 0 Å². The Morgan fingerprint density at radius 3 is 1.18 bits per heavy atom. The van der Waals surface area contributed by atoms with Crippen molar-refractivity contribution in [3.8, 4) is 11.4 Å².